The standard InChI is InChI=1S/C30H20N2O4/c33-27-17-25(29(35)23-7-3-1-5-21(23)27)31-13-9-19(10-14-31)20-11-15-32(16-12-20)26-18-28(34)22-6-2-4-8-24(22)30(26)36/h1-18H,(H2,33,34,35,36)/p+1. The molecule has 0 fully saturated rings. The summed E-state index contributed by atoms with van der Waals surface area (Å²) in [6.07, 6.45) is 12.5. The maximum atomic E-state index is 13.0. The zero-order valence-corrected chi connectivity index (χ0v) is 19.0. The van der Waals surface area contributed by atoms with E-state index in [2.05, 4.69) is 0 Å². The van der Waals surface area contributed by atoms with Crippen molar-refractivity contribution in [2.24, 2.45) is 0 Å². The van der Waals surface area contributed by atoms with Gasteiger partial charge < -0.3 is 20.2 Å². The first kappa shape index (κ1) is 21.4. The van der Waals surface area contributed by atoms with Gasteiger partial charge in [-0.2, -0.15) is 4.24 Å². The van der Waals surface area contributed by atoms with Crippen LogP contribution in [0.25, 0.3) is 22.1 Å². The number of carbonyl (C=O) groups is 1. The molecule has 0 atom stereocenters. The van der Waals surface area contributed by atoms with Gasteiger partial charge in [-0.3, -0.25) is 4.79 Å². The minimum absolute atomic E-state index is 0.0624. The number of phenols is 2. The van der Waals surface area contributed by atoms with Crippen LogP contribution >= 0.6 is 0 Å². The maximum Gasteiger partial charge on any atom is 0.262 e. The number of rotatable bonds is 1. The van der Waals surface area contributed by atoms with Gasteiger partial charge in [0.25, 0.3) is 11.5 Å². The molecule has 2 heterocycles. The molecular formula is C30H21N2O4+. The van der Waals surface area contributed by atoms with Crippen molar-refractivity contribution in [3.63, 3.8) is 0 Å². The van der Waals surface area contributed by atoms with Gasteiger partial charge in [-0.25, -0.2) is 0 Å². The van der Waals surface area contributed by atoms with Gasteiger partial charge in [-0.05, 0) is 22.9 Å². The van der Waals surface area contributed by atoms with E-state index in [-0.39, 0.29) is 23.0 Å². The zero-order chi connectivity index (χ0) is 24.8. The number of phenolic OH excluding ortho intramolecular Hbond substituents is 2. The number of hydrogen-bond acceptors (Lipinski definition) is 5. The Morgan fingerprint density at radius 2 is 1.39 bits per heavy atom. The van der Waals surface area contributed by atoms with Gasteiger partial charge in [-0.1, -0.05) is 48.5 Å². The molecular weight excluding hydrogens is 452 g/mol. The lowest BCUT2D eigenvalue weighted by Crippen LogP contribution is -2.30. The van der Waals surface area contributed by atoms with Gasteiger partial charge in [0.05, 0.1) is 11.8 Å². The van der Waals surface area contributed by atoms with Crippen molar-refractivity contribution in [3.05, 3.63) is 132 Å². The number of benzene rings is 3. The Kier molecular flexibility index (Phi) is 4.93. The fourth-order valence-electron chi connectivity index (χ4n) is 4.59. The highest BCUT2D eigenvalue weighted by atomic mass is 16.3. The topological polar surface area (TPSA) is 86.9 Å². The summed E-state index contributed by atoms with van der Waals surface area (Å²) in [4.78, 5) is 14.7. The number of aromatic hydroxyl groups is 2. The number of carbonyl (C=O) groups excluding carboxylic acids is 1. The van der Waals surface area contributed by atoms with Crippen LogP contribution in [0, 0.1) is 5.71 Å². The fourth-order valence-corrected chi connectivity index (χ4v) is 4.59. The number of aliphatic hydroxyl groups is 1. The number of aliphatic hydroxyl groups excluding tert-OH is 1. The lowest BCUT2D eigenvalue weighted by atomic mass is 9.93. The molecule has 1 aliphatic carbocycles. The first-order chi connectivity index (χ1) is 17.5. The molecule has 0 bridgehead atoms. The molecule has 6 rings (SSSR count). The lowest BCUT2D eigenvalue weighted by Gasteiger charge is -2.21. The summed E-state index contributed by atoms with van der Waals surface area (Å²) in [7, 11) is 0. The van der Waals surface area contributed by atoms with Crippen LogP contribution in [-0.2, 0) is 0 Å². The summed E-state index contributed by atoms with van der Waals surface area (Å²) in [5, 5.41) is 33.7. The highest BCUT2D eigenvalue weighted by molar-refractivity contribution is 6.10. The first-order valence-electron chi connectivity index (χ1n) is 11.4. The Hall–Kier alpha value is -5.10. The smallest absolute Gasteiger partial charge is 0.262 e. The summed E-state index contributed by atoms with van der Waals surface area (Å²) in [6.45, 7) is 0. The number of pyridine rings is 1. The highest BCUT2D eigenvalue weighted by Gasteiger charge is 2.28. The average Bonchev–Trinajstić information content (AvgIpc) is 2.93. The maximum absolute atomic E-state index is 13.0. The molecule has 36 heavy (non-hydrogen) atoms. The van der Waals surface area contributed by atoms with Gasteiger partial charge >= 0.3 is 0 Å². The number of aromatic nitrogens is 1. The van der Waals surface area contributed by atoms with Crippen molar-refractivity contribution in [2.75, 3.05) is 4.90 Å². The van der Waals surface area contributed by atoms with E-state index < -0.39 is 0 Å². The predicted octanol–water partition coefficient (Wildman–Crippen LogP) is 4.41. The molecule has 174 valence electrons. The highest BCUT2D eigenvalue weighted by Crippen LogP contribution is 2.41. The van der Waals surface area contributed by atoms with Crippen LogP contribution in [0.5, 0.6) is 11.5 Å². The molecule has 4 aromatic rings. The van der Waals surface area contributed by atoms with Gasteiger partial charge in [0.15, 0.2) is 12.4 Å². The molecule has 0 spiro atoms. The number of nitrogens with zero attached hydrogens (tertiary/aromatic N) is 2. The van der Waals surface area contributed by atoms with E-state index in [1.807, 2.05) is 48.8 Å². The van der Waals surface area contributed by atoms with Crippen molar-refractivity contribution < 1.29 is 24.4 Å². The molecule has 3 N–H and O–H groups in total. The number of hydrogen-bond donors (Lipinski definition) is 3. The second-order valence-electron chi connectivity index (χ2n) is 8.59. The second-order valence-corrected chi connectivity index (χ2v) is 8.59. The first-order valence-corrected chi connectivity index (χ1v) is 11.4. The van der Waals surface area contributed by atoms with Crippen LogP contribution in [0.4, 0.5) is 5.69 Å². The summed E-state index contributed by atoms with van der Waals surface area (Å²) in [5.74, 6) is 0.0988. The average molecular weight is 474 g/mol. The Balaban J connectivity index is 1.35. The molecule has 0 unspecified atom stereocenters. The van der Waals surface area contributed by atoms with Crippen molar-refractivity contribution in [3.8, 4) is 11.5 Å². The van der Waals surface area contributed by atoms with Crippen LogP contribution in [0.3, 0.4) is 0 Å². The lowest BCUT2D eigenvalue weighted by molar-refractivity contribution is -0.515. The molecule has 6 heteroatoms. The summed E-state index contributed by atoms with van der Waals surface area (Å²) >= 11 is 0. The monoisotopic (exact) mass is 473 g/mol. The third-order valence-corrected chi connectivity index (χ3v) is 6.48. The van der Waals surface area contributed by atoms with Crippen molar-refractivity contribution in [1.82, 2.24) is 0 Å². The molecule has 0 saturated heterocycles. The zero-order valence-electron chi connectivity index (χ0n) is 19.0. The number of ketones is 1. The van der Waals surface area contributed by atoms with E-state index in [1.165, 1.54) is 6.08 Å². The molecule has 1 aromatic heterocycles. The van der Waals surface area contributed by atoms with Crippen molar-refractivity contribution >= 4 is 33.6 Å². The summed E-state index contributed by atoms with van der Waals surface area (Å²) in [5.41, 5.74) is 2.79. The predicted molar refractivity (Wildman–Crippen MR) is 138 cm³/mol. The fraction of sp³-hybridized carbons (Fsp3) is 0. The van der Waals surface area contributed by atoms with Gasteiger partial charge in [0.1, 0.15) is 17.3 Å². The number of anilines is 1. The number of allylic oxidation sites excluding steroid dienone is 3. The van der Waals surface area contributed by atoms with Gasteiger partial charge in [-0.15, -0.1) is 0 Å². The van der Waals surface area contributed by atoms with Crippen LogP contribution in [-0.4, -0.2) is 21.1 Å². The normalized spacial score (nSPS) is 14.8. The van der Waals surface area contributed by atoms with Gasteiger partial charge in [0.2, 0.25) is 0 Å². The minimum atomic E-state index is -0.152. The van der Waals surface area contributed by atoms with Crippen molar-refractivity contribution in [2.45, 2.75) is 0 Å². The molecule has 3 aromatic carbocycles. The number of fused-ring (bicyclic) bond motifs is 2. The SMILES string of the molecule is O=C1C(=[n+]2ccc(=C3C=CN(c4cc(O)c5ccccc5c4O)C=C3)cc2)C=C(O)c2ccccc21. The Morgan fingerprint density at radius 1 is 0.750 bits per heavy atom. The van der Waals surface area contributed by atoms with E-state index in [0.717, 1.165) is 10.8 Å². The van der Waals surface area contributed by atoms with E-state index in [1.54, 1.807) is 64.0 Å². The van der Waals surface area contributed by atoms with Crippen LogP contribution < -0.4 is 14.4 Å². The molecule has 0 radical (unpaired) electrons. The largest absolute Gasteiger partial charge is 0.507 e. The van der Waals surface area contributed by atoms with Gasteiger partial charge in [0, 0.05) is 52.5 Å². The molecule has 0 saturated carbocycles. The van der Waals surface area contributed by atoms with E-state index in [9.17, 15) is 20.1 Å². The van der Waals surface area contributed by atoms with Crippen molar-refractivity contribution in [1.29, 1.82) is 0 Å². The summed E-state index contributed by atoms with van der Waals surface area (Å²) < 4.78 is 1.69. The van der Waals surface area contributed by atoms with Crippen LogP contribution in [0.1, 0.15) is 15.9 Å². The number of Topliss-reactive ketones (excluding diaryl/α,β-unsaturated/α-hetero) is 1. The quantitative estimate of drug-likeness (QED) is 0.282. The Labute approximate surface area is 206 Å². The third kappa shape index (κ3) is 3.44. The Morgan fingerprint density at radius 3 is 2.11 bits per heavy atom. The van der Waals surface area contributed by atoms with E-state index in [4.69, 9.17) is 0 Å². The van der Waals surface area contributed by atoms with Crippen LogP contribution in [0.2, 0.25) is 0 Å². The third-order valence-electron chi connectivity index (χ3n) is 6.48. The Bertz CT molecular complexity index is 1760. The molecule has 2 aliphatic rings. The van der Waals surface area contributed by atoms with Crippen LogP contribution in [0.15, 0.2) is 110 Å². The van der Waals surface area contributed by atoms with E-state index >= 15 is 0 Å². The van der Waals surface area contributed by atoms with E-state index in [0.29, 0.717) is 33.3 Å². The molecule has 6 nitrogen and oxygen atoms in total. The molecule has 1 aliphatic heterocycles. The summed E-state index contributed by atoms with van der Waals surface area (Å²) in [6, 6.07) is 19.5. The molecule has 0 amide bonds. The minimum Gasteiger partial charge on any atom is -0.507 e. The second kappa shape index (κ2) is 8.29.